The van der Waals surface area contributed by atoms with E-state index >= 15 is 0 Å². The molecule has 0 fully saturated rings. The Balaban J connectivity index is 2.19. The number of nitrogens with one attached hydrogen (secondary N) is 2. The first-order valence-electron chi connectivity index (χ1n) is 8.83. The van der Waals surface area contributed by atoms with Crippen LogP contribution in [0.5, 0.6) is 5.75 Å². The van der Waals surface area contributed by atoms with E-state index in [1.165, 1.54) is 13.0 Å². The quantitative estimate of drug-likeness (QED) is 0.308. The average Bonchev–Trinajstić information content (AvgIpc) is 2.71. The molecule has 2 aromatic rings. The molecule has 0 heterocycles. The van der Waals surface area contributed by atoms with E-state index in [-0.39, 0.29) is 26.3 Å². The van der Waals surface area contributed by atoms with Gasteiger partial charge in [-0.05, 0) is 49.4 Å². The Kier molecular flexibility index (Phi) is 7.93. The zero-order chi connectivity index (χ0) is 25.9. The van der Waals surface area contributed by atoms with Crippen LogP contribution in [0.4, 0.5) is 42.5 Å². The van der Waals surface area contributed by atoms with Crippen molar-refractivity contribution in [3.05, 3.63) is 53.1 Å². The zero-order valence-electron chi connectivity index (χ0n) is 17.1. The van der Waals surface area contributed by atoms with E-state index in [9.17, 15) is 39.6 Å². The number of benzene rings is 2. The Labute approximate surface area is 194 Å². The molecule has 186 valence electrons. The van der Waals surface area contributed by atoms with Crippen LogP contribution >= 0.6 is 11.6 Å². The molecule has 8 nitrogen and oxygen atoms in total. The number of anilines is 2. The van der Waals surface area contributed by atoms with Gasteiger partial charge in [-0.2, -0.15) is 26.7 Å². The second-order valence-corrected chi connectivity index (χ2v) is 8.81. The van der Waals surface area contributed by atoms with Crippen LogP contribution in [0.2, 0.25) is 5.02 Å². The summed E-state index contributed by atoms with van der Waals surface area (Å²) in [5.41, 5.74) is -4.11. The molecule has 0 aliphatic carbocycles. The molecule has 0 unspecified atom stereocenters. The van der Waals surface area contributed by atoms with Gasteiger partial charge < -0.3 is 10.1 Å². The van der Waals surface area contributed by atoms with Gasteiger partial charge in [-0.15, -0.1) is 13.2 Å². The lowest BCUT2D eigenvalue weighted by molar-refractivity contribution is -0.274. The Hall–Kier alpha value is -3.20. The monoisotopic (exact) mass is 532 g/mol. The van der Waals surface area contributed by atoms with Crippen molar-refractivity contribution in [2.75, 3.05) is 16.7 Å². The number of alkyl halides is 6. The number of hydrazone groups is 1. The summed E-state index contributed by atoms with van der Waals surface area (Å²) >= 11 is 5.87. The van der Waals surface area contributed by atoms with E-state index in [1.54, 1.807) is 0 Å². The summed E-state index contributed by atoms with van der Waals surface area (Å²) in [5, 5.41) is 6.01. The molecular formula is C18H15ClF6N4O4S. The van der Waals surface area contributed by atoms with Crippen molar-refractivity contribution in [2.24, 2.45) is 5.10 Å². The SMILES string of the molecule is C/C(=N\NC(=O)Nc1ccc(OC(F)(F)F)cc1)c1cc(Cl)ccc1N(C)S(=O)(=O)C(F)(F)F. The van der Waals surface area contributed by atoms with Crippen LogP contribution in [0.1, 0.15) is 12.5 Å². The van der Waals surface area contributed by atoms with Crippen molar-refractivity contribution in [2.45, 2.75) is 18.8 Å². The largest absolute Gasteiger partial charge is 0.573 e. The standard InChI is InChI=1S/C18H15ClF6N4O4S/c1-10(14-9-11(19)3-8-15(14)29(2)34(31,32)18(23,24)25)27-28-16(30)26-12-4-6-13(7-5-12)33-17(20,21)22/h3-9H,1-2H3,(H2,26,28,30)/b27-10+. The normalized spacial score (nSPS) is 12.8. The lowest BCUT2D eigenvalue weighted by Gasteiger charge is -2.23. The summed E-state index contributed by atoms with van der Waals surface area (Å²) in [4.78, 5) is 12.0. The third-order valence-electron chi connectivity index (χ3n) is 4.01. The van der Waals surface area contributed by atoms with E-state index in [0.29, 0.717) is 7.05 Å². The van der Waals surface area contributed by atoms with E-state index in [0.717, 1.165) is 36.4 Å². The lowest BCUT2D eigenvalue weighted by Crippen LogP contribution is -2.38. The predicted octanol–water partition coefficient (Wildman–Crippen LogP) is 5.07. The first-order valence-corrected chi connectivity index (χ1v) is 10.7. The number of amides is 2. The molecule has 2 aromatic carbocycles. The molecule has 0 spiro atoms. The van der Waals surface area contributed by atoms with Crippen LogP contribution in [0.15, 0.2) is 47.6 Å². The van der Waals surface area contributed by atoms with Crippen molar-refractivity contribution >= 4 is 44.7 Å². The lowest BCUT2D eigenvalue weighted by atomic mass is 10.1. The minimum atomic E-state index is -5.73. The van der Waals surface area contributed by atoms with E-state index in [2.05, 4.69) is 15.2 Å². The predicted molar refractivity (Wildman–Crippen MR) is 112 cm³/mol. The maximum absolute atomic E-state index is 12.9. The van der Waals surface area contributed by atoms with Gasteiger partial charge in [-0.25, -0.2) is 10.2 Å². The van der Waals surface area contributed by atoms with E-state index in [1.807, 2.05) is 5.43 Å². The molecule has 0 saturated carbocycles. The third kappa shape index (κ3) is 6.90. The van der Waals surface area contributed by atoms with Crippen molar-refractivity contribution in [3.8, 4) is 5.75 Å². The maximum atomic E-state index is 12.9. The molecule has 0 aliphatic rings. The van der Waals surface area contributed by atoms with Gasteiger partial charge in [0.15, 0.2) is 0 Å². The minimum absolute atomic E-state index is 0.00231. The summed E-state index contributed by atoms with van der Waals surface area (Å²) in [6, 6.07) is 6.53. The van der Waals surface area contributed by atoms with Crippen molar-refractivity contribution in [3.63, 3.8) is 0 Å². The van der Waals surface area contributed by atoms with Crippen LogP contribution in [-0.2, 0) is 10.0 Å². The second-order valence-electron chi connectivity index (χ2n) is 6.42. The Morgan fingerprint density at radius 1 is 1.06 bits per heavy atom. The number of carbonyl (C=O) groups is 1. The molecule has 0 saturated heterocycles. The number of hydrogen-bond acceptors (Lipinski definition) is 5. The highest BCUT2D eigenvalue weighted by Gasteiger charge is 2.49. The molecule has 16 heteroatoms. The summed E-state index contributed by atoms with van der Waals surface area (Å²) in [6.45, 7) is 1.27. The summed E-state index contributed by atoms with van der Waals surface area (Å²) in [7, 11) is -5.04. The number of rotatable bonds is 6. The van der Waals surface area contributed by atoms with Gasteiger partial charge in [0.1, 0.15) is 5.75 Å². The number of nitrogens with zero attached hydrogens (tertiary/aromatic N) is 2. The Morgan fingerprint density at radius 3 is 2.18 bits per heavy atom. The highest BCUT2D eigenvalue weighted by molar-refractivity contribution is 7.93. The van der Waals surface area contributed by atoms with Crippen molar-refractivity contribution < 1.29 is 44.3 Å². The number of ether oxygens (including phenoxy) is 1. The number of halogens is 7. The van der Waals surface area contributed by atoms with Crippen LogP contribution in [0, 0.1) is 0 Å². The molecular weight excluding hydrogens is 518 g/mol. The van der Waals surface area contributed by atoms with Crippen LogP contribution in [-0.4, -0.2) is 39.1 Å². The number of urea groups is 1. The molecule has 0 aromatic heterocycles. The van der Waals surface area contributed by atoms with Crippen LogP contribution < -0.4 is 19.8 Å². The number of hydrogen-bond donors (Lipinski definition) is 2. The third-order valence-corrected chi connectivity index (χ3v) is 5.75. The molecule has 0 atom stereocenters. The molecule has 34 heavy (non-hydrogen) atoms. The van der Waals surface area contributed by atoms with E-state index < -0.39 is 39.4 Å². The zero-order valence-corrected chi connectivity index (χ0v) is 18.7. The molecule has 0 radical (unpaired) electrons. The smallest absolute Gasteiger partial charge is 0.406 e. The van der Waals surface area contributed by atoms with Gasteiger partial charge in [0, 0.05) is 23.3 Å². The highest BCUT2D eigenvalue weighted by atomic mass is 35.5. The van der Waals surface area contributed by atoms with Gasteiger partial charge in [-0.3, -0.25) is 4.31 Å². The van der Waals surface area contributed by atoms with Gasteiger partial charge in [0.05, 0.1) is 11.4 Å². The summed E-state index contributed by atoms with van der Waals surface area (Å²) in [5.74, 6) is -0.515. The molecule has 2 N–H and O–H groups in total. The fourth-order valence-electron chi connectivity index (χ4n) is 2.45. The summed E-state index contributed by atoms with van der Waals surface area (Å²) < 4.78 is 103. The summed E-state index contributed by atoms with van der Waals surface area (Å²) in [6.07, 6.45) is -4.88. The fourth-order valence-corrected chi connectivity index (χ4v) is 3.35. The highest BCUT2D eigenvalue weighted by Crippen LogP contribution is 2.33. The molecule has 0 aliphatic heterocycles. The molecule has 2 amide bonds. The number of carbonyl (C=O) groups excluding carboxylic acids is 1. The maximum Gasteiger partial charge on any atom is 0.573 e. The first kappa shape index (κ1) is 27.0. The molecule has 0 bridgehead atoms. The van der Waals surface area contributed by atoms with Crippen molar-refractivity contribution in [1.82, 2.24) is 5.43 Å². The average molecular weight is 533 g/mol. The fraction of sp³-hybridized carbons (Fsp3) is 0.222. The topological polar surface area (TPSA) is 100 Å². The Bertz CT molecular complexity index is 1180. The first-order chi connectivity index (χ1) is 15.5. The van der Waals surface area contributed by atoms with Gasteiger partial charge in [0.2, 0.25) is 0 Å². The van der Waals surface area contributed by atoms with Crippen LogP contribution in [0.25, 0.3) is 0 Å². The minimum Gasteiger partial charge on any atom is -0.406 e. The Morgan fingerprint density at radius 2 is 1.65 bits per heavy atom. The molecule has 2 rings (SSSR count). The number of sulfonamides is 1. The van der Waals surface area contributed by atoms with Crippen molar-refractivity contribution in [1.29, 1.82) is 0 Å². The second kappa shape index (κ2) is 9.97. The van der Waals surface area contributed by atoms with Gasteiger partial charge in [-0.1, -0.05) is 11.6 Å². The van der Waals surface area contributed by atoms with Gasteiger partial charge >= 0.3 is 27.9 Å². The van der Waals surface area contributed by atoms with E-state index in [4.69, 9.17) is 11.6 Å². The van der Waals surface area contributed by atoms with Crippen LogP contribution in [0.3, 0.4) is 0 Å². The van der Waals surface area contributed by atoms with Gasteiger partial charge in [0.25, 0.3) is 0 Å².